The third-order valence-corrected chi connectivity index (χ3v) is 2.85. The highest BCUT2D eigenvalue weighted by Crippen LogP contribution is 2.32. The third kappa shape index (κ3) is 2.69. The van der Waals surface area contributed by atoms with E-state index in [-0.39, 0.29) is 0 Å². The van der Waals surface area contributed by atoms with Crippen LogP contribution in [0.3, 0.4) is 0 Å². The van der Waals surface area contributed by atoms with E-state index in [0.29, 0.717) is 0 Å². The summed E-state index contributed by atoms with van der Waals surface area (Å²) >= 11 is 0. The van der Waals surface area contributed by atoms with Crippen LogP contribution in [-0.4, -0.2) is 0 Å². The molecule has 1 saturated carbocycles. The molecule has 0 spiro atoms. The number of hydrogen-bond acceptors (Lipinski definition) is 0. The van der Waals surface area contributed by atoms with Crippen molar-refractivity contribution in [1.82, 2.24) is 0 Å². The van der Waals surface area contributed by atoms with Gasteiger partial charge in [-0.2, -0.15) is 0 Å². The van der Waals surface area contributed by atoms with Crippen molar-refractivity contribution in [3.05, 3.63) is 12.7 Å². The summed E-state index contributed by atoms with van der Waals surface area (Å²) in [7, 11) is 0. The van der Waals surface area contributed by atoms with Gasteiger partial charge in [0.1, 0.15) is 0 Å². The van der Waals surface area contributed by atoms with Crippen molar-refractivity contribution < 1.29 is 0 Å². The highest BCUT2D eigenvalue weighted by Gasteiger charge is 2.18. The Bertz CT molecular complexity index is 113. The first-order chi connectivity index (χ1) is 5.36. The fourth-order valence-electron chi connectivity index (χ4n) is 2.22. The van der Waals surface area contributed by atoms with Gasteiger partial charge in [0.2, 0.25) is 0 Å². The molecule has 0 aromatic rings. The summed E-state index contributed by atoms with van der Waals surface area (Å²) < 4.78 is 0. The lowest BCUT2D eigenvalue weighted by Gasteiger charge is -2.26. The van der Waals surface area contributed by atoms with Gasteiger partial charge in [0.25, 0.3) is 0 Å². The SMILES string of the molecule is C=CC1CCCC(CCC)C1. The number of allylic oxidation sites excluding steroid dienone is 1. The number of rotatable bonds is 3. The molecule has 0 amide bonds. The Labute approximate surface area is 70.7 Å². The standard InChI is InChI=1S/C11H20/c1-3-6-11-8-5-7-10(4-2)9-11/h4,10-11H,2-3,5-9H2,1H3. The zero-order valence-corrected chi connectivity index (χ0v) is 7.68. The molecule has 11 heavy (non-hydrogen) atoms. The summed E-state index contributed by atoms with van der Waals surface area (Å²) in [5.74, 6) is 1.84. The minimum Gasteiger partial charge on any atom is -0.103 e. The molecule has 1 aliphatic carbocycles. The molecule has 0 bridgehead atoms. The van der Waals surface area contributed by atoms with Crippen LogP contribution < -0.4 is 0 Å². The molecule has 0 saturated heterocycles. The van der Waals surface area contributed by atoms with E-state index >= 15 is 0 Å². The van der Waals surface area contributed by atoms with Crippen molar-refractivity contribution in [3.8, 4) is 0 Å². The smallest absolute Gasteiger partial charge is 0.0234 e. The van der Waals surface area contributed by atoms with E-state index in [2.05, 4.69) is 19.6 Å². The Morgan fingerprint density at radius 2 is 2.27 bits per heavy atom. The van der Waals surface area contributed by atoms with E-state index in [9.17, 15) is 0 Å². The van der Waals surface area contributed by atoms with Crippen molar-refractivity contribution in [2.45, 2.75) is 45.4 Å². The maximum Gasteiger partial charge on any atom is -0.0234 e. The molecule has 0 N–H and O–H groups in total. The summed E-state index contributed by atoms with van der Waals surface area (Å²) in [4.78, 5) is 0. The zero-order valence-electron chi connectivity index (χ0n) is 7.68. The highest BCUT2D eigenvalue weighted by atomic mass is 14.2. The molecule has 0 nitrogen and oxygen atoms in total. The molecule has 1 aliphatic rings. The van der Waals surface area contributed by atoms with Crippen molar-refractivity contribution >= 4 is 0 Å². The third-order valence-electron chi connectivity index (χ3n) is 2.85. The van der Waals surface area contributed by atoms with Gasteiger partial charge >= 0.3 is 0 Å². The van der Waals surface area contributed by atoms with Crippen LogP contribution in [0.15, 0.2) is 12.7 Å². The van der Waals surface area contributed by atoms with Gasteiger partial charge in [0, 0.05) is 0 Å². The van der Waals surface area contributed by atoms with Crippen molar-refractivity contribution in [2.75, 3.05) is 0 Å². The summed E-state index contributed by atoms with van der Waals surface area (Å²) in [5, 5.41) is 0. The second kappa shape index (κ2) is 4.58. The topological polar surface area (TPSA) is 0 Å². The van der Waals surface area contributed by atoms with Gasteiger partial charge in [-0.1, -0.05) is 38.7 Å². The molecule has 0 aliphatic heterocycles. The second-order valence-electron chi connectivity index (χ2n) is 3.82. The van der Waals surface area contributed by atoms with Crippen molar-refractivity contribution in [3.63, 3.8) is 0 Å². The van der Waals surface area contributed by atoms with Gasteiger partial charge in [-0.05, 0) is 24.7 Å². The summed E-state index contributed by atoms with van der Waals surface area (Å²) in [6, 6.07) is 0. The lowest BCUT2D eigenvalue weighted by Crippen LogP contribution is -2.13. The maximum absolute atomic E-state index is 3.88. The summed E-state index contributed by atoms with van der Waals surface area (Å²) in [5.41, 5.74) is 0. The molecular weight excluding hydrogens is 132 g/mol. The van der Waals surface area contributed by atoms with Crippen molar-refractivity contribution in [1.29, 1.82) is 0 Å². The van der Waals surface area contributed by atoms with Gasteiger partial charge in [-0.15, -0.1) is 6.58 Å². The molecule has 1 rings (SSSR count). The summed E-state index contributed by atoms with van der Waals surface area (Å²) in [6.07, 6.45) is 10.7. The van der Waals surface area contributed by atoms with Gasteiger partial charge in [0.15, 0.2) is 0 Å². The monoisotopic (exact) mass is 152 g/mol. The van der Waals surface area contributed by atoms with E-state index in [4.69, 9.17) is 0 Å². The molecule has 2 unspecified atom stereocenters. The molecule has 0 radical (unpaired) electrons. The van der Waals surface area contributed by atoms with Crippen LogP contribution in [0.4, 0.5) is 0 Å². The summed E-state index contributed by atoms with van der Waals surface area (Å²) in [6.45, 7) is 6.17. The van der Waals surface area contributed by atoms with Crippen LogP contribution in [0, 0.1) is 11.8 Å². The average molecular weight is 152 g/mol. The van der Waals surface area contributed by atoms with E-state index in [1.165, 1.54) is 38.5 Å². The lowest BCUT2D eigenvalue weighted by molar-refractivity contribution is 0.288. The van der Waals surface area contributed by atoms with Gasteiger partial charge in [0.05, 0.1) is 0 Å². The van der Waals surface area contributed by atoms with Crippen molar-refractivity contribution in [2.24, 2.45) is 11.8 Å². The van der Waals surface area contributed by atoms with E-state index in [1.54, 1.807) is 0 Å². The Hall–Kier alpha value is -0.260. The highest BCUT2D eigenvalue weighted by molar-refractivity contribution is 4.84. The Morgan fingerprint density at radius 1 is 1.45 bits per heavy atom. The fourth-order valence-corrected chi connectivity index (χ4v) is 2.22. The first-order valence-electron chi connectivity index (χ1n) is 4.99. The van der Waals surface area contributed by atoms with Crippen LogP contribution in [0.2, 0.25) is 0 Å². The average Bonchev–Trinajstić information content (AvgIpc) is 2.06. The Kier molecular flexibility index (Phi) is 3.68. The van der Waals surface area contributed by atoms with Crippen LogP contribution in [0.5, 0.6) is 0 Å². The van der Waals surface area contributed by atoms with Crippen LogP contribution in [0.25, 0.3) is 0 Å². The van der Waals surface area contributed by atoms with E-state index in [1.807, 2.05) is 0 Å². The minimum absolute atomic E-state index is 0.834. The first kappa shape index (κ1) is 8.83. The van der Waals surface area contributed by atoms with Crippen LogP contribution >= 0.6 is 0 Å². The predicted molar refractivity (Wildman–Crippen MR) is 50.6 cm³/mol. The number of hydrogen-bond donors (Lipinski definition) is 0. The molecule has 0 aromatic carbocycles. The van der Waals surface area contributed by atoms with E-state index in [0.717, 1.165) is 11.8 Å². The van der Waals surface area contributed by atoms with Gasteiger partial charge in [-0.25, -0.2) is 0 Å². The molecular formula is C11H20. The second-order valence-corrected chi connectivity index (χ2v) is 3.82. The Morgan fingerprint density at radius 3 is 2.91 bits per heavy atom. The lowest BCUT2D eigenvalue weighted by atomic mass is 9.79. The fraction of sp³-hybridized carbons (Fsp3) is 0.818. The molecule has 2 atom stereocenters. The quantitative estimate of drug-likeness (QED) is 0.540. The minimum atomic E-state index is 0.834. The van der Waals surface area contributed by atoms with Crippen LogP contribution in [-0.2, 0) is 0 Å². The molecule has 1 fully saturated rings. The maximum atomic E-state index is 3.88. The van der Waals surface area contributed by atoms with Crippen LogP contribution in [0.1, 0.15) is 45.4 Å². The normalized spacial score (nSPS) is 31.7. The van der Waals surface area contributed by atoms with E-state index < -0.39 is 0 Å². The Balaban J connectivity index is 2.27. The molecule has 0 aromatic heterocycles. The largest absolute Gasteiger partial charge is 0.103 e. The zero-order chi connectivity index (χ0) is 8.10. The molecule has 64 valence electrons. The predicted octanol–water partition coefficient (Wildman–Crippen LogP) is 3.78. The van der Waals surface area contributed by atoms with Gasteiger partial charge < -0.3 is 0 Å². The van der Waals surface area contributed by atoms with Gasteiger partial charge in [-0.3, -0.25) is 0 Å². The molecule has 0 heterocycles. The first-order valence-corrected chi connectivity index (χ1v) is 4.99. The molecule has 0 heteroatoms.